The van der Waals surface area contributed by atoms with Gasteiger partial charge in [-0.1, -0.05) is 30.3 Å². The van der Waals surface area contributed by atoms with Crippen molar-refractivity contribution in [3.8, 4) is 11.4 Å². The van der Waals surface area contributed by atoms with Crippen molar-refractivity contribution in [2.45, 2.75) is 12.5 Å². The van der Waals surface area contributed by atoms with Crippen LogP contribution >= 0.6 is 0 Å². The van der Waals surface area contributed by atoms with Gasteiger partial charge in [-0.3, -0.25) is 9.59 Å². The van der Waals surface area contributed by atoms with Crippen molar-refractivity contribution in [1.82, 2.24) is 9.78 Å². The molecule has 0 saturated heterocycles. The predicted octanol–water partition coefficient (Wildman–Crippen LogP) is 1.91. The maximum absolute atomic E-state index is 12.6. The van der Waals surface area contributed by atoms with E-state index in [0.717, 1.165) is 11.3 Å². The van der Waals surface area contributed by atoms with Gasteiger partial charge in [0.05, 0.1) is 11.4 Å². The molecule has 3 N–H and O–H groups in total. The van der Waals surface area contributed by atoms with Crippen molar-refractivity contribution >= 4 is 17.5 Å². The van der Waals surface area contributed by atoms with E-state index in [2.05, 4.69) is 10.4 Å². The summed E-state index contributed by atoms with van der Waals surface area (Å²) >= 11 is 0. The van der Waals surface area contributed by atoms with Crippen LogP contribution in [0, 0.1) is 0 Å². The average molecular weight is 348 g/mol. The normalized spacial score (nSPS) is 15.2. The first kappa shape index (κ1) is 15.9. The van der Waals surface area contributed by atoms with Crippen LogP contribution in [0.2, 0.25) is 0 Å². The minimum Gasteiger partial charge on any atom is -0.480 e. The molecule has 1 aliphatic heterocycles. The number of amides is 2. The Labute approximate surface area is 149 Å². The lowest BCUT2D eigenvalue weighted by Gasteiger charge is -2.14. The highest BCUT2D eigenvalue weighted by Crippen LogP contribution is 2.29. The van der Waals surface area contributed by atoms with Crippen molar-refractivity contribution in [2.75, 3.05) is 5.32 Å². The molecule has 1 aromatic heterocycles. The molecule has 2 amide bonds. The zero-order valence-electron chi connectivity index (χ0n) is 13.8. The van der Waals surface area contributed by atoms with E-state index >= 15 is 0 Å². The highest BCUT2D eigenvalue weighted by Gasteiger charge is 2.29. The van der Waals surface area contributed by atoms with E-state index in [4.69, 9.17) is 10.5 Å². The number of fused-ring (bicyclic) bond motifs is 1. The van der Waals surface area contributed by atoms with Gasteiger partial charge in [-0.15, -0.1) is 0 Å². The van der Waals surface area contributed by atoms with Crippen LogP contribution in [0.1, 0.15) is 16.1 Å². The number of carbonyl (C=O) groups excluding carboxylic acids is 2. The van der Waals surface area contributed by atoms with Crippen LogP contribution in [-0.4, -0.2) is 27.7 Å². The number of rotatable bonds is 4. The van der Waals surface area contributed by atoms with Crippen molar-refractivity contribution in [3.05, 3.63) is 72.1 Å². The first-order valence-corrected chi connectivity index (χ1v) is 8.12. The van der Waals surface area contributed by atoms with Gasteiger partial charge in [0.2, 0.25) is 0 Å². The molecule has 130 valence electrons. The molecule has 0 radical (unpaired) electrons. The summed E-state index contributed by atoms with van der Waals surface area (Å²) in [4.78, 5) is 23.9. The van der Waals surface area contributed by atoms with Crippen LogP contribution in [0.25, 0.3) is 5.69 Å². The lowest BCUT2D eigenvalue weighted by Crippen LogP contribution is -2.31. The molecule has 0 unspecified atom stereocenters. The lowest BCUT2D eigenvalue weighted by atomic mass is 10.1. The summed E-state index contributed by atoms with van der Waals surface area (Å²) < 4.78 is 7.23. The molecule has 3 aromatic rings. The second-order valence-electron chi connectivity index (χ2n) is 5.93. The summed E-state index contributed by atoms with van der Waals surface area (Å²) in [6.45, 7) is 0. The molecule has 1 aliphatic rings. The van der Waals surface area contributed by atoms with Crippen LogP contribution in [0.4, 0.5) is 5.69 Å². The number of carbonyl (C=O) groups is 2. The van der Waals surface area contributed by atoms with E-state index in [0.29, 0.717) is 17.8 Å². The molecule has 0 fully saturated rings. The largest absolute Gasteiger partial charge is 0.480 e. The average Bonchev–Trinajstić information content (AvgIpc) is 3.29. The smallest absolute Gasteiger partial charge is 0.269 e. The van der Waals surface area contributed by atoms with Crippen molar-refractivity contribution in [2.24, 2.45) is 5.73 Å². The minimum atomic E-state index is -0.609. The third kappa shape index (κ3) is 2.90. The van der Waals surface area contributed by atoms with E-state index in [9.17, 15) is 9.59 Å². The SMILES string of the molecule is NC(=O)c1ccn(-c2ccccc2NC(=O)[C@H]2Cc3ccccc3O2)n1. The fraction of sp³-hybridized carbons (Fsp3) is 0.105. The Morgan fingerprint density at radius 1 is 1.12 bits per heavy atom. The summed E-state index contributed by atoms with van der Waals surface area (Å²) in [6.07, 6.45) is 1.56. The first-order valence-electron chi connectivity index (χ1n) is 8.12. The van der Waals surface area contributed by atoms with E-state index in [1.54, 1.807) is 18.3 Å². The molecular formula is C19H16N4O3. The number of hydrogen-bond donors (Lipinski definition) is 2. The minimum absolute atomic E-state index is 0.153. The van der Waals surface area contributed by atoms with Gasteiger partial charge in [-0.2, -0.15) is 5.10 Å². The number of ether oxygens (including phenoxy) is 1. The third-order valence-corrected chi connectivity index (χ3v) is 4.19. The van der Waals surface area contributed by atoms with Gasteiger partial charge in [0.1, 0.15) is 11.4 Å². The molecule has 2 heterocycles. The van der Waals surface area contributed by atoms with Crippen LogP contribution in [-0.2, 0) is 11.2 Å². The zero-order valence-corrected chi connectivity index (χ0v) is 13.8. The maximum atomic E-state index is 12.6. The number of aromatic nitrogens is 2. The van der Waals surface area contributed by atoms with Crippen LogP contribution < -0.4 is 15.8 Å². The molecule has 7 heteroatoms. The van der Waals surface area contributed by atoms with E-state index in [1.807, 2.05) is 36.4 Å². The van der Waals surface area contributed by atoms with Crippen LogP contribution in [0.15, 0.2) is 60.8 Å². The summed E-state index contributed by atoms with van der Waals surface area (Å²) in [7, 11) is 0. The Kier molecular flexibility index (Phi) is 3.89. The van der Waals surface area contributed by atoms with E-state index in [-0.39, 0.29) is 11.6 Å². The Hall–Kier alpha value is -3.61. The third-order valence-electron chi connectivity index (χ3n) is 4.19. The molecule has 0 saturated carbocycles. The van der Waals surface area contributed by atoms with Crippen molar-refractivity contribution in [3.63, 3.8) is 0 Å². The summed E-state index contributed by atoms with van der Waals surface area (Å²) in [5.41, 5.74) is 7.61. The van der Waals surface area contributed by atoms with Crippen LogP contribution in [0.3, 0.4) is 0 Å². The molecule has 26 heavy (non-hydrogen) atoms. The summed E-state index contributed by atoms with van der Waals surface area (Å²) in [5.74, 6) is -0.113. The van der Waals surface area contributed by atoms with E-state index in [1.165, 1.54) is 10.7 Å². The number of nitrogens with one attached hydrogen (secondary N) is 1. The molecule has 7 nitrogen and oxygen atoms in total. The first-order chi connectivity index (χ1) is 12.6. The molecule has 1 atom stereocenters. The standard InChI is InChI=1S/C19H16N4O3/c20-18(24)14-9-10-23(22-14)15-7-3-2-6-13(15)21-19(25)17-11-12-5-1-4-8-16(12)26-17/h1-10,17H,11H2,(H2,20,24)(H,21,25)/t17-/m1/s1. The zero-order chi connectivity index (χ0) is 18.1. The van der Waals surface area contributed by atoms with Gasteiger partial charge in [-0.25, -0.2) is 4.68 Å². The van der Waals surface area contributed by atoms with Crippen LogP contribution in [0.5, 0.6) is 5.75 Å². The number of nitrogens with two attached hydrogens (primary N) is 1. The van der Waals surface area contributed by atoms with Crippen molar-refractivity contribution in [1.29, 1.82) is 0 Å². The number of hydrogen-bond acceptors (Lipinski definition) is 4. The Balaban J connectivity index is 1.55. The van der Waals surface area contributed by atoms with Gasteiger partial charge in [0.15, 0.2) is 6.10 Å². The second-order valence-corrected chi connectivity index (χ2v) is 5.93. The fourth-order valence-electron chi connectivity index (χ4n) is 2.91. The fourth-order valence-corrected chi connectivity index (χ4v) is 2.91. The monoisotopic (exact) mass is 348 g/mol. The molecular weight excluding hydrogens is 332 g/mol. The van der Waals surface area contributed by atoms with Gasteiger partial charge in [0.25, 0.3) is 11.8 Å². The molecule has 0 bridgehead atoms. The summed E-state index contributed by atoms with van der Waals surface area (Å²) in [5, 5.41) is 7.02. The Morgan fingerprint density at radius 3 is 2.65 bits per heavy atom. The van der Waals surface area contributed by atoms with Gasteiger partial charge in [0, 0.05) is 12.6 Å². The topological polar surface area (TPSA) is 99.2 Å². The maximum Gasteiger partial charge on any atom is 0.269 e. The molecule has 0 aliphatic carbocycles. The number of nitrogens with zero attached hydrogens (tertiary/aromatic N) is 2. The highest BCUT2D eigenvalue weighted by atomic mass is 16.5. The van der Waals surface area contributed by atoms with E-state index < -0.39 is 12.0 Å². The Bertz CT molecular complexity index is 971. The number of primary amides is 1. The second kappa shape index (κ2) is 6.36. The summed E-state index contributed by atoms with van der Waals surface area (Å²) in [6, 6.07) is 16.3. The van der Waals surface area contributed by atoms with Gasteiger partial charge < -0.3 is 15.8 Å². The predicted molar refractivity (Wildman–Crippen MR) is 95.3 cm³/mol. The Morgan fingerprint density at radius 2 is 1.88 bits per heavy atom. The van der Waals surface area contributed by atoms with Crippen molar-refractivity contribution < 1.29 is 14.3 Å². The number of benzene rings is 2. The number of para-hydroxylation sites is 3. The lowest BCUT2D eigenvalue weighted by molar-refractivity contribution is -0.122. The molecule has 4 rings (SSSR count). The highest BCUT2D eigenvalue weighted by molar-refractivity contribution is 5.97. The van der Waals surface area contributed by atoms with Gasteiger partial charge in [-0.05, 0) is 29.8 Å². The van der Waals surface area contributed by atoms with Gasteiger partial charge >= 0.3 is 0 Å². The molecule has 2 aromatic carbocycles. The molecule has 0 spiro atoms. The number of anilines is 1. The quantitative estimate of drug-likeness (QED) is 0.752.